The Hall–Kier alpha value is -1.26. The van der Waals surface area contributed by atoms with Gasteiger partial charge in [0.2, 0.25) is 0 Å². The van der Waals surface area contributed by atoms with Gasteiger partial charge in [0.25, 0.3) is 0 Å². The van der Waals surface area contributed by atoms with Crippen LogP contribution >= 0.6 is 23.4 Å². The number of aryl methyl sites for hydroxylation is 2. The summed E-state index contributed by atoms with van der Waals surface area (Å²) < 4.78 is 0. The maximum atomic E-state index is 6.25. The highest BCUT2D eigenvalue weighted by Crippen LogP contribution is 2.38. The van der Waals surface area contributed by atoms with Crippen LogP contribution in [0.2, 0.25) is 5.02 Å². The average Bonchev–Trinajstić information content (AvgIpc) is 2.36. The Kier molecular flexibility index (Phi) is 4.55. The second-order valence-electron chi connectivity index (χ2n) is 5.06. The Morgan fingerprint density at radius 1 is 1.20 bits per heavy atom. The molecule has 1 aromatic heterocycles. The largest absolute Gasteiger partial charge is 0.383 e. The Bertz CT molecular complexity index is 641. The van der Waals surface area contributed by atoms with Gasteiger partial charge in [-0.05, 0) is 37.0 Å². The molecule has 1 aromatic carbocycles. The SMILES string of the molecule is Cc1ncc(Sc2cc(Cl)c(C)cc2C(C)C)c(N)n1. The second-order valence-corrected chi connectivity index (χ2v) is 6.55. The molecule has 0 bridgehead atoms. The minimum Gasteiger partial charge on any atom is -0.383 e. The number of halogens is 1. The van der Waals surface area contributed by atoms with Crippen molar-refractivity contribution in [3.8, 4) is 0 Å². The predicted octanol–water partition coefficient (Wildman–Crippen LogP) is 4.60. The zero-order chi connectivity index (χ0) is 14.9. The van der Waals surface area contributed by atoms with Gasteiger partial charge in [0.05, 0.1) is 4.90 Å². The molecule has 0 amide bonds. The van der Waals surface area contributed by atoms with Gasteiger partial charge in [0, 0.05) is 16.1 Å². The van der Waals surface area contributed by atoms with Gasteiger partial charge >= 0.3 is 0 Å². The minimum atomic E-state index is 0.418. The summed E-state index contributed by atoms with van der Waals surface area (Å²) in [4.78, 5) is 10.4. The average molecular weight is 308 g/mol. The molecule has 0 saturated carbocycles. The van der Waals surface area contributed by atoms with Gasteiger partial charge in [0.1, 0.15) is 11.6 Å². The normalized spacial score (nSPS) is 11.1. The molecular weight excluding hydrogens is 290 g/mol. The molecule has 0 radical (unpaired) electrons. The van der Waals surface area contributed by atoms with E-state index in [1.165, 1.54) is 5.56 Å². The van der Waals surface area contributed by atoms with E-state index in [1.54, 1.807) is 18.0 Å². The molecular formula is C15H18ClN3S. The summed E-state index contributed by atoms with van der Waals surface area (Å²) in [5, 5.41) is 0.767. The van der Waals surface area contributed by atoms with Crippen LogP contribution in [0.3, 0.4) is 0 Å². The first-order valence-electron chi connectivity index (χ1n) is 6.45. The molecule has 2 rings (SSSR count). The zero-order valence-corrected chi connectivity index (χ0v) is 13.6. The molecule has 2 N–H and O–H groups in total. The van der Waals surface area contributed by atoms with Gasteiger partial charge < -0.3 is 5.73 Å². The highest BCUT2D eigenvalue weighted by molar-refractivity contribution is 7.99. The van der Waals surface area contributed by atoms with Crippen molar-refractivity contribution in [2.24, 2.45) is 0 Å². The van der Waals surface area contributed by atoms with Crippen molar-refractivity contribution in [2.45, 2.75) is 43.4 Å². The third-order valence-electron chi connectivity index (χ3n) is 3.04. The molecule has 0 aliphatic heterocycles. The van der Waals surface area contributed by atoms with Crippen molar-refractivity contribution in [1.82, 2.24) is 9.97 Å². The van der Waals surface area contributed by atoms with Crippen molar-refractivity contribution in [1.29, 1.82) is 0 Å². The van der Waals surface area contributed by atoms with E-state index in [1.807, 2.05) is 19.9 Å². The number of anilines is 1. The standard InChI is InChI=1S/C15H18ClN3S/c1-8(2)11-5-9(3)12(16)6-13(11)20-14-7-18-10(4)19-15(14)17/h5-8H,1-4H3,(H2,17,18,19). The third-order valence-corrected chi connectivity index (χ3v) is 4.55. The summed E-state index contributed by atoms with van der Waals surface area (Å²) in [6.45, 7) is 8.18. The highest BCUT2D eigenvalue weighted by Gasteiger charge is 2.13. The lowest BCUT2D eigenvalue weighted by atomic mass is 10.0. The molecule has 0 unspecified atom stereocenters. The molecule has 20 heavy (non-hydrogen) atoms. The first-order valence-corrected chi connectivity index (χ1v) is 7.65. The summed E-state index contributed by atoms with van der Waals surface area (Å²) in [5.41, 5.74) is 8.31. The number of nitrogen functional groups attached to an aromatic ring is 1. The Labute approximate surface area is 129 Å². The van der Waals surface area contributed by atoms with Crippen molar-refractivity contribution >= 4 is 29.2 Å². The van der Waals surface area contributed by atoms with Gasteiger partial charge in [-0.25, -0.2) is 9.97 Å². The van der Waals surface area contributed by atoms with Crippen molar-refractivity contribution in [3.63, 3.8) is 0 Å². The lowest BCUT2D eigenvalue weighted by Crippen LogP contribution is -1.98. The van der Waals surface area contributed by atoms with Crippen LogP contribution in [0, 0.1) is 13.8 Å². The first-order chi connectivity index (χ1) is 9.38. The van der Waals surface area contributed by atoms with E-state index >= 15 is 0 Å². The fraction of sp³-hybridized carbons (Fsp3) is 0.333. The van der Waals surface area contributed by atoms with E-state index in [9.17, 15) is 0 Å². The van der Waals surface area contributed by atoms with Crippen LogP contribution in [0.4, 0.5) is 5.82 Å². The molecule has 3 nitrogen and oxygen atoms in total. The molecule has 106 valence electrons. The molecule has 0 saturated heterocycles. The molecule has 5 heteroatoms. The summed E-state index contributed by atoms with van der Waals surface area (Å²) >= 11 is 7.81. The van der Waals surface area contributed by atoms with Crippen molar-refractivity contribution in [2.75, 3.05) is 5.73 Å². The monoisotopic (exact) mass is 307 g/mol. The van der Waals surface area contributed by atoms with Crippen LogP contribution in [-0.2, 0) is 0 Å². The number of benzene rings is 1. The quantitative estimate of drug-likeness (QED) is 0.900. The molecule has 0 atom stereocenters. The Morgan fingerprint density at radius 3 is 2.50 bits per heavy atom. The van der Waals surface area contributed by atoms with Gasteiger partial charge in [-0.3, -0.25) is 0 Å². The molecule has 2 aromatic rings. The summed E-state index contributed by atoms with van der Waals surface area (Å²) in [6.07, 6.45) is 1.76. The first kappa shape index (κ1) is 15.1. The van der Waals surface area contributed by atoms with Crippen molar-refractivity contribution < 1.29 is 0 Å². The molecule has 0 spiro atoms. The lowest BCUT2D eigenvalue weighted by Gasteiger charge is -2.15. The zero-order valence-electron chi connectivity index (χ0n) is 12.1. The number of hydrogen-bond donors (Lipinski definition) is 1. The van der Waals surface area contributed by atoms with Gasteiger partial charge in [-0.15, -0.1) is 0 Å². The van der Waals surface area contributed by atoms with E-state index in [2.05, 4.69) is 29.9 Å². The lowest BCUT2D eigenvalue weighted by molar-refractivity contribution is 0.840. The van der Waals surface area contributed by atoms with Crippen molar-refractivity contribution in [3.05, 3.63) is 40.3 Å². The van der Waals surface area contributed by atoms with E-state index < -0.39 is 0 Å². The van der Waals surface area contributed by atoms with Gasteiger partial charge in [0.15, 0.2) is 0 Å². The maximum Gasteiger partial charge on any atom is 0.141 e. The topological polar surface area (TPSA) is 51.8 Å². The fourth-order valence-corrected chi connectivity index (χ4v) is 3.21. The molecule has 0 aliphatic carbocycles. The fourth-order valence-electron chi connectivity index (χ4n) is 1.90. The van der Waals surface area contributed by atoms with E-state index in [-0.39, 0.29) is 0 Å². The van der Waals surface area contributed by atoms with Gasteiger partial charge in [-0.2, -0.15) is 0 Å². The third kappa shape index (κ3) is 3.25. The number of rotatable bonds is 3. The van der Waals surface area contributed by atoms with Crippen LogP contribution in [-0.4, -0.2) is 9.97 Å². The minimum absolute atomic E-state index is 0.418. The Morgan fingerprint density at radius 2 is 1.90 bits per heavy atom. The summed E-state index contributed by atoms with van der Waals surface area (Å²) in [5.74, 6) is 1.60. The van der Waals surface area contributed by atoms with Crippen LogP contribution in [0.15, 0.2) is 28.1 Å². The number of hydrogen-bond acceptors (Lipinski definition) is 4. The van der Waals surface area contributed by atoms with Crippen LogP contribution in [0.1, 0.15) is 36.7 Å². The molecule has 0 fully saturated rings. The maximum absolute atomic E-state index is 6.25. The smallest absolute Gasteiger partial charge is 0.141 e. The molecule has 0 aliphatic rings. The Balaban J connectivity index is 2.44. The van der Waals surface area contributed by atoms with Crippen LogP contribution in [0.25, 0.3) is 0 Å². The summed E-state index contributed by atoms with van der Waals surface area (Å²) in [7, 11) is 0. The predicted molar refractivity (Wildman–Crippen MR) is 85.6 cm³/mol. The van der Waals surface area contributed by atoms with Crippen LogP contribution in [0.5, 0.6) is 0 Å². The van der Waals surface area contributed by atoms with Gasteiger partial charge in [-0.1, -0.05) is 43.3 Å². The van der Waals surface area contributed by atoms with E-state index in [0.29, 0.717) is 17.6 Å². The second kappa shape index (κ2) is 6.02. The van der Waals surface area contributed by atoms with E-state index in [4.69, 9.17) is 17.3 Å². The highest BCUT2D eigenvalue weighted by atomic mass is 35.5. The number of aromatic nitrogens is 2. The molecule has 1 heterocycles. The van der Waals surface area contributed by atoms with Crippen LogP contribution < -0.4 is 5.73 Å². The van der Waals surface area contributed by atoms with E-state index in [0.717, 1.165) is 20.4 Å². The number of nitrogens with two attached hydrogens (primary N) is 1. The summed E-state index contributed by atoms with van der Waals surface area (Å²) in [6, 6.07) is 4.14. The number of nitrogens with zero attached hydrogens (tertiary/aromatic N) is 2.